The van der Waals surface area contributed by atoms with E-state index in [0.717, 1.165) is 18.5 Å². The fourth-order valence-electron chi connectivity index (χ4n) is 3.20. The molecule has 4 nitrogen and oxygen atoms in total. The number of nitrogens with zero attached hydrogens (tertiary/aromatic N) is 1. The Morgan fingerprint density at radius 1 is 1.28 bits per heavy atom. The summed E-state index contributed by atoms with van der Waals surface area (Å²) in [5.74, 6) is 0.771. The molecule has 1 aliphatic heterocycles. The van der Waals surface area contributed by atoms with E-state index in [1.165, 1.54) is 6.42 Å². The molecule has 0 aromatic heterocycles. The van der Waals surface area contributed by atoms with Crippen LogP contribution >= 0.6 is 0 Å². The normalized spacial score (nSPS) is 30.3. The number of hydrogen-bond acceptors (Lipinski definition) is 2. The largest absolute Gasteiger partial charge is 0.373 e. The van der Waals surface area contributed by atoms with Crippen LogP contribution in [0.4, 0.5) is 10.5 Å². The second-order valence-electron chi connectivity index (χ2n) is 5.22. The summed E-state index contributed by atoms with van der Waals surface area (Å²) < 4.78 is 0. The highest BCUT2D eigenvalue weighted by Crippen LogP contribution is 2.41. The molecule has 2 amide bonds. The summed E-state index contributed by atoms with van der Waals surface area (Å²) in [5, 5.41) is 13.0. The van der Waals surface area contributed by atoms with E-state index in [2.05, 4.69) is 5.32 Å². The first-order valence-electron chi connectivity index (χ1n) is 6.56. The summed E-state index contributed by atoms with van der Waals surface area (Å²) in [6.07, 6.45) is 2.75. The van der Waals surface area contributed by atoms with Crippen LogP contribution in [0.1, 0.15) is 19.3 Å². The van der Waals surface area contributed by atoms with Crippen LogP contribution in [-0.4, -0.2) is 28.8 Å². The lowest BCUT2D eigenvalue weighted by Gasteiger charge is -2.23. The van der Waals surface area contributed by atoms with Crippen LogP contribution in [0.15, 0.2) is 30.3 Å². The molecule has 1 aromatic carbocycles. The third-order valence-corrected chi connectivity index (χ3v) is 4.14. The van der Waals surface area contributed by atoms with Crippen LogP contribution < -0.4 is 5.32 Å². The Balaban J connectivity index is 1.67. The summed E-state index contributed by atoms with van der Waals surface area (Å²) in [4.78, 5) is 13.7. The number of aliphatic hydroxyl groups is 1. The van der Waals surface area contributed by atoms with E-state index in [1.807, 2.05) is 30.3 Å². The molecule has 1 aliphatic carbocycles. The van der Waals surface area contributed by atoms with Gasteiger partial charge in [0.05, 0.1) is 0 Å². The summed E-state index contributed by atoms with van der Waals surface area (Å²) in [6, 6.07) is 9.17. The molecular weight excluding hydrogens is 228 g/mol. The molecule has 0 spiro atoms. The minimum atomic E-state index is -0.610. The second-order valence-corrected chi connectivity index (χ2v) is 5.22. The fourth-order valence-corrected chi connectivity index (χ4v) is 3.20. The molecule has 1 aromatic rings. The number of para-hydroxylation sites is 1. The van der Waals surface area contributed by atoms with Gasteiger partial charge in [-0.2, -0.15) is 0 Å². The zero-order valence-electron chi connectivity index (χ0n) is 10.2. The topological polar surface area (TPSA) is 52.6 Å². The average molecular weight is 246 g/mol. The van der Waals surface area contributed by atoms with Crippen molar-refractivity contribution in [3.8, 4) is 0 Å². The van der Waals surface area contributed by atoms with Gasteiger partial charge in [-0.3, -0.25) is 4.90 Å². The van der Waals surface area contributed by atoms with Gasteiger partial charge in [0.2, 0.25) is 0 Å². The van der Waals surface area contributed by atoms with Crippen molar-refractivity contribution in [1.29, 1.82) is 0 Å². The molecule has 3 unspecified atom stereocenters. The number of anilines is 1. The Hall–Kier alpha value is -1.55. The minimum absolute atomic E-state index is 0.192. The quantitative estimate of drug-likeness (QED) is 0.798. The van der Waals surface area contributed by atoms with Crippen molar-refractivity contribution in [1.82, 2.24) is 4.90 Å². The van der Waals surface area contributed by atoms with E-state index in [1.54, 1.807) is 4.90 Å². The molecule has 3 atom stereocenters. The van der Waals surface area contributed by atoms with Crippen molar-refractivity contribution < 1.29 is 9.90 Å². The van der Waals surface area contributed by atoms with Crippen LogP contribution in [0, 0.1) is 11.8 Å². The number of benzene rings is 1. The Morgan fingerprint density at radius 3 is 2.78 bits per heavy atom. The van der Waals surface area contributed by atoms with Crippen molar-refractivity contribution >= 4 is 11.7 Å². The highest BCUT2D eigenvalue weighted by molar-refractivity contribution is 5.89. The van der Waals surface area contributed by atoms with Gasteiger partial charge >= 0.3 is 6.03 Å². The van der Waals surface area contributed by atoms with Crippen molar-refractivity contribution in [2.24, 2.45) is 11.8 Å². The van der Waals surface area contributed by atoms with Gasteiger partial charge < -0.3 is 10.4 Å². The van der Waals surface area contributed by atoms with Crippen LogP contribution in [0.5, 0.6) is 0 Å². The zero-order chi connectivity index (χ0) is 12.5. The van der Waals surface area contributed by atoms with Crippen LogP contribution in [-0.2, 0) is 0 Å². The summed E-state index contributed by atoms with van der Waals surface area (Å²) >= 11 is 0. The summed E-state index contributed by atoms with van der Waals surface area (Å²) in [6.45, 7) is 0.685. The lowest BCUT2D eigenvalue weighted by atomic mass is 10.00. The van der Waals surface area contributed by atoms with E-state index in [9.17, 15) is 9.90 Å². The molecule has 96 valence electrons. The lowest BCUT2D eigenvalue weighted by Crippen LogP contribution is -2.40. The van der Waals surface area contributed by atoms with Crippen molar-refractivity contribution in [3.63, 3.8) is 0 Å². The van der Waals surface area contributed by atoms with Gasteiger partial charge in [0.1, 0.15) is 6.23 Å². The van der Waals surface area contributed by atoms with Gasteiger partial charge in [-0.1, -0.05) is 24.6 Å². The SMILES string of the molecule is O=C(Nc1ccccc1)N1CC2CCCC2C1O. The Bertz CT molecular complexity index is 435. The monoisotopic (exact) mass is 246 g/mol. The van der Waals surface area contributed by atoms with Crippen molar-refractivity contribution in [2.45, 2.75) is 25.5 Å². The molecule has 0 radical (unpaired) electrons. The van der Waals surface area contributed by atoms with E-state index in [0.29, 0.717) is 12.5 Å². The molecule has 18 heavy (non-hydrogen) atoms. The van der Waals surface area contributed by atoms with Gasteiger partial charge in [0, 0.05) is 18.2 Å². The summed E-state index contributed by atoms with van der Waals surface area (Å²) in [5.41, 5.74) is 0.770. The first-order chi connectivity index (χ1) is 8.75. The molecule has 3 rings (SSSR count). The first-order valence-corrected chi connectivity index (χ1v) is 6.56. The number of fused-ring (bicyclic) bond motifs is 1. The van der Waals surface area contributed by atoms with Gasteiger partial charge in [-0.15, -0.1) is 0 Å². The number of carbonyl (C=O) groups is 1. The molecular formula is C14H18N2O2. The third kappa shape index (κ3) is 1.97. The first kappa shape index (κ1) is 11.5. The lowest BCUT2D eigenvalue weighted by molar-refractivity contribution is 0.0331. The summed E-state index contributed by atoms with van der Waals surface area (Å²) in [7, 11) is 0. The molecule has 2 aliphatic rings. The molecule has 1 saturated heterocycles. The Morgan fingerprint density at radius 2 is 2.06 bits per heavy atom. The van der Waals surface area contributed by atoms with Crippen molar-refractivity contribution in [2.75, 3.05) is 11.9 Å². The van der Waals surface area contributed by atoms with Crippen LogP contribution in [0.3, 0.4) is 0 Å². The molecule has 1 heterocycles. The van der Waals surface area contributed by atoms with Crippen LogP contribution in [0.2, 0.25) is 0 Å². The van der Waals surface area contributed by atoms with E-state index in [4.69, 9.17) is 0 Å². The fraction of sp³-hybridized carbons (Fsp3) is 0.500. The number of nitrogens with one attached hydrogen (secondary N) is 1. The molecule has 4 heteroatoms. The Kier molecular flexibility index (Phi) is 2.96. The van der Waals surface area contributed by atoms with Gasteiger partial charge in [0.25, 0.3) is 0 Å². The maximum Gasteiger partial charge on any atom is 0.323 e. The number of likely N-dealkylation sites (tertiary alicyclic amines) is 1. The van der Waals surface area contributed by atoms with E-state index in [-0.39, 0.29) is 11.9 Å². The average Bonchev–Trinajstić information content (AvgIpc) is 2.94. The number of amides is 2. The smallest absolute Gasteiger partial charge is 0.323 e. The Labute approximate surface area is 107 Å². The number of urea groups is 1. The minimum Gasteiger partial charge on any atom is -0.373 e. The molecule has 2 N–H and O–H groups in total. The predicted octanol–water partition coefficient (Wildman–Crippen LogP) is 2.27. The predicted molar refractivity (Wildman–Crippen MR) is 69.0 cm³/mol. The van der Waals surface area contributed by atoms with Gasteiger partial charge in [-0.25, -0.2) is 4.79 Å². The maximum atomic E-state index is 12.1. The molecule has 2 fully saturated rings. The van der Waals surface area contributed by atoms with Crippen LogP contribution in [0.25, 0.3) is 0 Å². The van der Waals surface area contributed by atoms with Gasteiger partial charge in [-0.05, 0) is 30.9 Å². The number of carbonyl (C=O) groups excluding carboxylic acids is 1. The third-order valence-electron chi connectivity index (χ3n) is 4.14. The number of hydrogen-bond donors (Lipinski definition) is 2. The molecule has 0 bridgehead atoms. The zero-order valence-corrected chi connectivity index (χ0v) is 10.2. The van der Waals surface area contributed by atoms with E-state index >= 15 is 0 Å². The number of rotatable bonds is 1. The highest BCUT2D eigenvalue weighted by Gasteiger charge is 2.45. The maximum absolute atomic E-state index is 12.1. The van der Waals surface area contributed by atoms with E-state index < -0.39 is 6.23 Å². The second kappa shape index (κ2) is 4.61. The number of aliphatic hydroxyl groups excluding tert-OH is 1. The molecule has 1 saturated carbocycles. The van der Waals surface area contributed by atoms with Crippen molar-refractivity contribution in [3.05, 3.63) is 30.3 Å². The van der Waals surface area contributed by atoms with Gasteiger partial charge in [0.15, 0.2) is 0 Å². The standard InChI is InChI=1S/C14H18N2O2/c17-13-12-8-4-5-10(12)9-16(13)14(18)15-11-6-2-1-3-7-11/h1-3,6-7,10,12-13,17H,4-5,8-9H2,(H,15,18). The highest BCUT2D eigenvalue weighted by atomic mass is 16.3.